The summed E-state index contributed by atoms with van der Waals surface area (Å²) in [5.74, 6) is 0.589. The van der Waals surface area contributed by atoms with Crippen LogP contribution in [0.15, 0.2) is 12.1 Å². The Morgan fingerprint density at radius 3 is 2.62 bits per heavy atom. The van der Waals surface area contributed by atoms with E-state index in [4.69, 9.17) is 39.4 Å². The molecule has 1 aromatic carbocycles. The molecule has 1 atom stereocenters. The summed E-state index contributed by atoms with van der Waals surface area (Å²) in [5.41, 5.74) is 12.2. The third-order valence-corrected chi connectivity index (χ3v) is 2.64. The van der Waals surface area contributed by atoms with E-state index in [0.29, 0.717) is 28.9 Å². The molecule has 90 valence electrons. The van der Waals surface area contributed by atoms with E-state index in [9.17, 15) is 0 Å². The van der Waals surface area contributed by atoms with Crippen LogP contribution in [0.5, 0.6) is 5.75 Å². The molecule has 0 saturated carbocycles. The number of hydrogen-bond donors (Lipinski definition) is 2. The predicted molar refractivity (Wildman–Crippen MR) is 68.2 cm³/mol. The zero-order valence-electron chi connectivity index (χ0n) is 9.17. The van der Waals surface area contributed by atoms with Gasteiger partial charge < -0.3 is 16.2 Å². The highest BCUT2D eigenvalue weighted by Gasteiger charge is 2.15. The summed E-state index contributed by atoms with van der Waals surface area (Å²) < 4.78 is 5.57. The molecule has 5 heteroatoms. The van der Waals surface area contributed by atoms with Gasteiger partial charge in [0, 0.05) is 23.2 Å². The van der Waals surface area contributed by atoms with Crippen LogP contribution in [0, 0.1) is 0 Å². The van der Waals surface area contributed by atoms with Crippen molar-refractivity contribution >= 4 is 23.2 Å². The fraction of sp³-hybridized carbons (Fsp3) is 0.455. The SMILES string of the molecule is CCCOc1c(Cl)cc(Cl)cc1C(N)CN. The maximum absolute atomic E-state index is 6.07. The highest BCUT2D eigenvalue weighted by atomic mass is 35.5. The quantitative estimate of drug-likeness (QED) is 0.858. The van der Waals surface area contributed by atoms with Crippen molar-refractivity contribution in [1.82, 2.24) is 0 Å². The standard InChI is InChI=1S/C11H16Cl2N2O/c1-2-3-16-11-8(10(15)6-14)4-7(12)5-9(11)13/h4-5,10H,2-3,6,14-15H2,1H3. The second-order valence-electron chi connectivity index (χ2n) is 3.50. The van der Waals surface area contributed by atoms with Crippen LogP contribution in [-0.4, -0.2) is 13.2 Å². The predicted octanol–water partition coefficient (Wildman–Crippen LogP) is 2.74. The molecule has 0 aromatic heterocycles. The zero-order chi connectivity index (χ0) is 12.1. The van der Waals surface area contributed by atoms with E-state index in [1.807, 2.05) is 6.92 Å². The second-order valence-corrected chi connectivity index (χ2v) is 4.34. The number of rotatable bonds is 5. The number of halogens is 2. The summed E-state index contributed by atoms with van der Waals surface area (Å²) in [6.45, 7) is 2.93. The molecule has 1 aromatic rings. The molecule has 0 amide bonds. The lowest BCUT2D eigenvalue weighted by Crippen LogP contribution is -2.21. The normalized spacial score (nSPS) is 12.6. The van der Waals surface area contributed by atoms with E-state index in [0.717, 1.165) is 12.0 Å². The molecule has 16 heavy (non-hydrogen) atoms. The first-order valence-electron chi connectivity index (χ1n) is 5.17. The summed E-state index contributed by atoms with van der Waals surface area (Å²) >= 11 is 12.0. The zero-order valence-corrected chi connectivity index (χ0v) is 10.7. The van der Waals surface area contributed by atoms with E-state index in [-0.39, 0.29) is 6.04 Å². The Morgan fingerprint density at radius 2 is 2.06 bits per heavy atom. The molecule has 4 N–H and O–H groups in total. The molecule has 0 heterocycles. The van der Waals surface area contributed by atoms with Crippen molar-refractivity contribution in [1.29, 1.82) is 0 Å². The van der Waals surface area contributed by atoms with Crippen LogP contribution in [0.1, 0.15) is 24.9 Å². The molecule has 3 nitrogen and oxygen atoms in total. The van der Waals surface area contributed by atoms with E-state index in [2.05, 4.69) is 0 Å². The fourth-order valence-electron chi connectivity index (χ4n) is 1.34. The average molecular weight is 263 g/mol. The third kappa shape index (κ3) is 3.25. The first-order valence-corrected chi connectivity index (χ1v) is 5.93. The summed E-state index contributed by atoms with van der Waals surface area (Å²) in [7, 11) is 0. The maximum Gasteiger partial charge on any atom is 0.142 e. The molecule has 0 saturated heterocycles. The van der Waals surface area contributed by atoms with Gasteiger partial charge in [0.05, 0.1) is 11.6 Å². The van der Waals surface area contributed by atoms with Gasteiger partial charge >= 0.3 is 0 Å². The van der Waals surface area contributed by atoms with Crippen LogP contribution in [0.25, 0.3) is 0 Å². The fourth-order valence-corrected chi connectivity index (χ4v) is 1.90. The number of ether oxygens (including phenoxy) is 1. The first kappa shape index (κ1) is 13.6. The van der Waals surface area contributed by atoms with Gasteiger partial charge in [-0.25, -0.2) is 0 Å². The highest BCUT2D eigenvalue weighted by Crippen LogP contribution is 2.35. The van der Waals surface area contributed by atoms with E-state index in [1.165, 1.54) is 0 Å². The monoisotopic (exact) mass is 262 g/mol. The van der Waals surface area contributed by atoms with Gasteiger partial charge in [0.1, 0.15) is 5.75 Å². The summed E-state index contributed by atoms with van der Waals surface area (Å²) in [4.78, 5) is 0. The smallest absolute Gasteiger partial charge is 0.142 e. The molecule has 0 spiro atoms. The minimum absolute atomic E-state index is 0.317. The Labute approximate surface area is 106 Å². The molecular weight excluding hydrogens is 247 g/mol. The Kier molecular flexibility index (Phi) is 5.35. The van der Waals surface area contributed by atoms with Gasteiger partial charge in [-0.05, 0) is 18.6 Å². The van der Waals surface area contributed by atoms with Crippen molar-refractivity contribution in [2.24, 2.45) is 11.5 Å². The minimum atomic E-state index is -0.317. The van der Waals surface area contributed by atoms with E-state index >= 15 is 0 Å². The van der Waals surface area contributed by atoms with Gasteiger partial charge in [-0.15, -0.1) is 0 Å². The van der Waals surface area contributed by atoms with Gasteiger partial charge in [0.25, 0.3) is 0 Å². The third-order valence-electron chi connectivity index (χ3n) is 2.14. The van der Waals surface area contributed by atoms with E-state index < -0.39 is 0 Å². The maximum atomic E-state index is 6.07. The molecule has 1 rings (SSSR count). The first-order chi connectivity index (χ1) is 7.60. The molecule has 1 unspecified atom stereocenters. The Morgan fingerprint density at radius 1 is 1.38 bits per heavy atom. The van der Waals surface area contributed by atoms with E-state index in [1.54, 1.807) is 12.1 Å². The van der Waals surface area contributed by atoms with Crippen LogP contribution in [0.2, 0.25) is 10.0 Å². The summed E-state index contributed by atoms with van der Waals surface area (Å²) in [6, 6.07) is 3.07. The van der Waals surface area contributed by atoms with Gasteiger partial charge in [-0.3, -0.25) is 0 Å². The number of hydrogen-bond acceptors (Lipinski definition) is 3. The van der Waals surface area contributed by atoms with Crippen molar-refractivity contribution in [2.75, 3.05) is 13.2 Å². The second kappa shape index (κ2) is 6.30. The van der Waals surface area contributed by atoms with Gasteiger partial charge in [-0.1, -0.05) is 30.1 Å². The highest BCUT2D eigenvalue weighted by molar-refractivity contribution is 6.35. The van der Waals surface area contributed by atoms with Gasteiger partial charge in [0.15, 0.2) is 0 Å². The van der Waals surface area contributed by atoms with Crippen molar-refractivity contribution < 1.29 is 4.74 Å². The minimum Gasteiger partial charge on any atom is -0.492 e. The van der Waals surface area contributed by atoms with Crippen molar-refractivity contribution in [2.45, 2.75) is 19.4 Å². The molecule has 0 fully saturated rings. The summed E-state index contributed by atoms with van der Waals surface area (Å²) in [6.07, 6.45) is 0.899. The Balaban J connectivity index is 3.10. The Bertz CT molecular complexity index is 358. The van der Waals surface area contributed by atoms with Crippen LogP contribution in [0.3, 0.4) is 0 Å². The van der Waals surface area contributed by atoms with Crippen LogP contribution < -0.4 is 16.2 Å². The number of nitrogens with two attached hydrogens (primary N) is 2. The van der Waals surface area contributed by atoms with Crippen LogP contribution in [-0.2, 0) is 0 Å². The molecular formula is C11H16Cl2N2O. The lowest BCUT2D eigenvalue weighted by atomic mass is 10.1. The molecule has 0 radical (unpaired) electrons. The van der Waals surface area contributed by atoms with Crippen LogP contribution >= 0.6 is 23.2 Å². The number of benzene rings is 1. The van der Waals surface area contributed by atoms with Crippen molar-refractivity contribution in [3.05, 3.63) is 27.7 Å². The van der Waals surface area contributed by atoms with Gasteiger partial charge in [0.2, 0.25) is 0 Å². The lowest BCUT2D eigenvalue weighted by Gasteiger charge is -2.17. The van der Waals surface area contributed by atoms with Crippen LogP contribution in [0.4, 0.5) is 0 Å². The van der Waals surface area contributed by atoms with Crippen molar-refractivity contribution in [3.8, 4) is 5.75 Å². The molecule has 0 aliphatic rings. The molecule has 0 aliphatic heterocycles. The molecule has 0 aliphatic carbocycles. The van der Waals surface area contributed by atoms with Crippen molar-refractivity contribution in [3.63, 3.8) is 0 Å². The van der Waals surface area contributed by atoms with Gasteiger partial charge in [-0.2, -0.15) is 0 Å². The largest absolute Gasteiger partial charge is 0.492 e. The Hall–Kier alpha value is -0.480. The summed E-state index contributed by atoms with van der Waals surface area (Å²) in [5, 5.41) is 1.01. The lowest BCUT2D eigenvalue weighted by molar-refractivity contribution is 0.312. The average Bonchev–Trinajstić information content (AvgIpc) is 2.26. The molecule has 0 bridgehead atoms. The topological polar surface area (TPSA) is 61.3 Å².